The maximum Gasteiger partial charge on any atom is 0.243 e. The smallest absolute Gasteiger partial charge is 0.243 e. The number of hydrogen-bond acceptors (Lipinski definition) is 5. The van der Waals surface area contributed by atoms with Crippen LogP contribution >= 0.6 is 15.9 Å². The predicted octanol–water partition coefficient (Wildman–Crippen LogP) is 3.20. The van der Waals surface area contributed by atoms with Gasteiger partial charge >= 0.3 is 0 Å². The first-order valence-corrected chi connectivity index (χ1v) is 11.1. The van der Waals surface area contributed by atoms with Gasteiger partial charge in [-0.15, -0.1) is 0 Å². The van der Waals surface area contributed by atoms with Crippen LogP contribution in [0.1, 0.15) is 35.8 Å². The Balaban J connectivity index is 1.38. The molecule has 0 spiro atoms. The van der Waals surface area contributed by atoms with E-state index in [2.05, 4.69) is 25.9 Å². The molecule has 0 unspecified atom stereocenters. The van der Waals surface area contributed by atoms with Gasteiger partial charge in [-0.1, -0.05) is 6.07 Å². The second kappa shape index (κ2) is 7.67. The SMILES string of the molecule is CC(=O)c1cn(CC(=O)N2[C@@H]3C[C@@H]3C[C@H]2C(=O)Cc2cccc(Br)n2)c2ccncc12. The molecule has 0 radical (unpaired) electrons. The largest absolute Gasteiger partial charge is 0.337 e. The standard InChI is InChI=1S/C23H21BrN4O3/c1-13(29)17-11-27(18-5-6-25-10-16(17)18)12-23(31)28-19-7-14(19)8-20(28)21(30)9-15-3-2-4-22(24)26-15/h2-6,10-11,14,19-20H,7-9,12H2,1H3/t14-,19-,20+/m1/s1. The van der Waals surface area contributed by atoms with Gasteiger partial charge in [0.05, 0.1) is 18.0 Å². The third-order valence-electron chi connectivity index (χ3n) is 6.26. The number of pyridine rings is 2. The molecule has 158 valence electrons. The maximum absolute atomic E-state index is 13.3. The summed E-state index contributed by atoms with van der Waals surface area (Å²) in [5.41, 5.74) is 2.04. The predicted molar refractivity (Wildman–Crippen MR) is 118 cm³/mol. The van der Waals surface area contributed by atoms with Crippen molar-refractivity contribution in [2.45, 2.75) is 44.8 Å². The summed E-state index contributed by atoms with van der Waals surface area (Å²) in [6.45, 7) is 1.60. The van der Waals surface area contributed by atoms with E-state index in [0.717, 1.165) is 23.7 Å². The zero-order valence-electron chi connectivity index (χ0n) is 17.0. The van der Waals surface area contributed by atoms with Crippen molar-refractivity contribution < 1.29 is 14.4 Å². The first-order valence-electron chi connectivity index (χ1n) is 10.3. The Bertz CT molecular complexity index is 1220. The first-order chi connectivity index (χ1) is 14.9. The number of piperidine rings is 1. The molecule has 2 aliphatic rings. The molecule has 8 heteroatoms. The molecule has 1 saturated heterocycles. The number of halogens is 1. The van der Waals surface area contributed by atoms with Crippen LogP contribution in [-0.4, -0.2) is 49.0 Å². The van der Waals surface area contributed by atoms with Crippen molar-refractivity contribution in [2.24, 2.45) is 5.92 Å². The van der Waals surface area contributed by atoms with Crippen LogP contribution in [-0.2, 0) is 22.6 Å². The van der Waals surface area contributed by atoms with Crippen LogP contribution in [0.2, 0.25) is 0 Å². The summed E-state index contributed by atoms with van der Waals surface area (Å²) in [7, 11) is 0. The van der Waals surface area contributed by atoms with Crippen molar-refractivity contribution in [1.82, 2.24) is 19.4 Å². The molecule has 3 aromatic rings. The highest BCUT2D eigenvalue weighted by atomic mass is 79.9. The number of ketones is 2. The fraction of sp³-hybridized carbons (Fsp3) is 0.348. The molecule has 1 aliphatic heterocycles. The molecule has 0 bridgehead atoms. The van der Waals surface area contributed by atoms with E-state index >= 15 is 0 Å². The number of amides is 1. The highest BCUT2D eigenvalue weighted by molar-refractivity contribution is 9.10. The minimum absolute atomic E-state index is 0.0251. The van der Waals surface area contributed by atoms with E-state index < -0.39 is 6.04 Å². The highest BCUT2D eigenvalue weighted by Gasteiger charge is 2.55. The summed E-state index contributed by atoms with van der Waals surface area (Å²) in [6.07, 6.45) is 6.90. The molecule has 31 heavy (non-hydrogen) atoms. The molecule has 3 atom stereocenters. The van der Waals surface area contributed by atoms with Crippen LogP contribution in [0.4, 0.5) is 0 Å². The van der Waals surface area contributed by atoms with Crippen molar-refractivity contribution >= 4 is 44.3 Å². The van der Waals surface area contributed by atoms with E-state index in [0.29, 0.717) is 21.8 Å². The van der Waals surface area contributed by atoms with Gasteiger partial charge in [0.1, 0.15) is 11.1 Å². The molecule has 1 aliphatic carbocycles. The Morgan fingerprint density at radius 1 is 1.19 bits per heavy atom. The monoisotopic (exact) mass is 480 g/mol. The molecular formula is C23H21BrN4O3. The Morgan fingerprint density at radius 3 is 2.81 bits per heavy atom. The second-order valence-corrected chi connectivity index (χ2v) is 9.14. The molecule has 1 saturated carbocycles. The summed E-state index contributed by atoms with van der Waals surface area (Å²) in [5, 5.41) is 0.738. The van der Waals surface area contributed by atoms with Crippen LogP contribution in [0, 0.1) is 5.92 Å². The molecule has 3 aromatic heterocycles. The van der Waals surface area contributed by atoms with Gasteiger partial charge in [-0.25, -0.2) is 4.98 Å². The Hall–Kier alpha value is -2.87. The Labute approximate surface area is 187 Å². The third kappa shape index (κ3) is 3.69. The van der Waals surface area contributed by atoms with Gasteiger partial charge in [0.25, 0.3) is 0 Å². The van der Waals surface area contributed by atoms with Crippen LogP contribution in [0.25, 0.3) is 10.9 Å². The maximum atomic E-state index is 13.3. The van der Waals surface area contributed by atoms with Gasteiger partial charge in [-0.05, 0) is 59.8 Å². The minimum atomic E-state index is -0.409. The molecule has 0 aromatic carbocycles. The number of carbonyl (C=O) groups is 3. The van der Waals surface area contributed by atoms with Crippen molar-refractivity contribution in [1.29, 1.82) is 0 Å². The van der Waals surface area contributed by atoms with Crippen LogP contribution in [0.5, 0.6) is 0 Å². The summed E-state index contributed by atoms with van der Waals surface area (Å²) in [5.74, 6) is 0.278. The molecule has 4 heterocycles. The number of hydrogen-bond donors (Lipinski definition) is 0. The average Bonchev–Trinajstić information content (AvgIpc) is 3.24. The van der Waals surface area contributed by atoms with E-state index in [4.69, 9.17) is 0 Å². The lowest BCUT2D eigenvalue weighted by molar-refractivity contribution is -0.139. The van der Waals surface area contributed by atoms with Crippen LogP contribution < -0.4 is 0 Å². The zero-order valence-corrected chi connectivity index (χ0v) is 18.6. The molecule has 0 N–H and O–H groups in total. The number of carbonyl (C=O) groups excluding carboxylic acids is 3. The topological polar surface area (TPSA) is 85.2 Å². The fourth-order valence-electron chi connectivity index (χ4n) is 4.73. The van der Waals surface area contributed by atoms with Gasteiger partial charge < -0.3 is 9.47 Å². The quantitative estimate of drug-likeness (QED) is 0.399. The van der Waals surface area contributed by atoms with E-state index in [-0.39, 0.29) is 36.5 Å². The first kappa shape index (κ1) is 20.1. The molecule has 2 fully saturated rings. The summed E-state index contributed by atoms with van der Waals surface area (Å²) < 4.78 is 2.48. The number of nitrogens with zero attached hydrogens (tertiary/aromatic N) is 4. The minimum Gasteiger partial charge on any atom is -0.337 e. The van der Waals surface area contributed by atoms with E-state index in [1.165, 1.54) is 6.92 Å². The second-order valence-electron chi connectivity index (χ2n) is 8.33. The lowest BCUT2D eigenvalue weighted by Gasteiger charge is -2.27. The fourth-order valence-corrected chi connectivity index (χ4v) is 5.11. The molecule has 7 nitrogen and oxygen atoms in total. The van der Waals surface area contributed by atoms with E-state index in [9.17, 15) is 14.4 Å². The van der Waals surface area contributed by atoms with Crippen molar-refractivity contribution in [2.75, 3.05) is 0 Å². The van der Waals surface area contributed by atoms with Gasteiger partial charge in [-0.3, -0.25) is 19.4 Å². The van der Waals surface area contributed by atoms with Crippen LogP contribution in [0.15, 0.2) is 47.5 Å². The number of fused-ring (bicyclic) bond motifs is 2. The van der Waals surface area contributed by atoms with Crippen molar-refractivity contribution in [3.63, 3.8) is 0 Å². The number of aromatic nitrogens is 3. The van der Waals surface area contributed by atoms with Crippen molar-refractivity contribution in [3.8, 4) is 0 Å². The zero-order chi connectivity index (χ0) is 21.7. The van der Waals surface area contributed by atoms with E-state index in [1.54, 1.807) is 34.1 Å². The lowest BCUT2D eigenvalue weighted by atomic mass is 10.0. The average molecular weight is 481 g/mol. The Kier molecular flexibility index (Phi) is 4.97. The number of rotatable bonds is 6. The summed E-state index contributed by atoms with van der Waals surface area (Å²) >= 11 is 3.34. The van der Waals surface area contributed by atoms with Gasteiger partial charge in [-0.2, -0.15) is 0 Å². The summed E-state index contributed by atoms with van der Waals surface area (Å²) in [4.78, 5) is 48.7. The highest BCUT2D eigenvalue weighted by Crippen LogP contribution is 2.48. The van der Waals surface area contributed by atoms with Crippen LogP contribution in [0.3, 0.4) is 0 Å². The summed E-state index contributed by atoms with van der Waals surface area (Å²) in [6, 6.07) is 7.04. The molecule has 1 amide bonds. The third-order valence-corrected chi connectivity index (χ3v) is 6.70. The van der Waals surface area contributed by atoms with E-state index in [1.807, 2.05) is 18.2 Å². The Morgan fingerprint density at radius 2 is 2.03 bits per heavy atom. The molecular weight excluding hydrogens is 460 g/mol. The van der Waals surface area contributed by atoms with Crippen molar-refractivity contribution in [3.05, 3.63) is 58.7 Å². The van der Waals surface area contributed by atoms with Gasteiger partial charge in [0.2, 0.25) is 5.91 Å². The normalized spacial score (nSPS) is 21.9. The number of Topliss-reactive ketones (excluding diaryl/α,β-unsaturated/α-hetero) is 2. The molecule has 5 rings (SSSR count). The van der Waals surface area contributed by atoms with Gasteiger partial charge in [0, 0.05) is 41.3 Å². The van der Waals surface area contributed by atoms with Gasteiger partial charge in [0.15, 0.2) is 11.6 Å². The number of likely N-dealkylation sites (tertiary alicyclic amines) is 1. The lowest BCUT2D eigenvalue weighted by Crippen LogP contribution is -2.45.